The molecular weight excluding hydrogens is 384 g/mol. The summed E-state index contributed by atoms with van der Waals surface area (Å²) < 4.78 is 28.0. The number of rotatable bonds is 4. The molecule has 0 saturated carbocycles. The lowest BCUT2D eigenvalue weighted by Gasteiger charge is -2.21. The van der Waals surface area contributed by atoms with Gasteiger partial charge in [-0.3, -0.25) is 0 Å². The van der Waals surface area contributed by atoms with E-state index in [1.807, 2.05) is 6.07 Å². The molecule has 1 rings (SSSR count). The van der Waals surface area contributed by atoms with Gasteiger partial charge in [-0.25, -0.2) is 8.42 Å². The molecule has 1 N–H and O–H groups in total. The first-order valence-corrected chi connectivity index (χ1v) is 8.21. The average molecular weight is 396 g/mol. The molecule has 1 unspecified atom stereocenters. The van der Waals surface area contributed by atoms with Crippen molar-refractivity contribution in [3.8, 4) is 6.07 Å². The fraction of sp³-hybridized carbons (Fsp3) is 0.364. The number of nitriles is 1. The molecule has 18 heavy (non-hydrogen) atoms. The second-order valence-electron chi connectivity index (χ2n) is 3.98. The summed E-state index contributed by atoms with van der Waals surface area (Å²) in [6, 6.07) is 6.82. The first-order valence-electron chi connectivity index (χ1n) is 5.14. The first kappa shape index (κ1) is 15.6. The third-order valence-electron chi connectivity index (χ3n) is 2.50. The number of hydrogen-bond donors (Lipinski definition) is 1. The Labute approximate surface area is 124 Å². The van der Waals surface area contributed by atoms with Crippen LogP contribution in [-0.4, -0.2) is 14.0 Å². The summed E-state index contributed by atoms with van der Waals surface area (Å²) in [6.45, 7) is 3.30. The predicted molar refractivity (Wildman–Crippen MR) is 76.5 cm³/mol. The molecule has 7 heteroatoms. The SMILES string of the molecule is CCC(C)(C#N)NS(=O)(=O)c1cc(Br)ccc1Br. The van der Waals surface area contributed by atoms with Gasteiger partial charge in [0.2, 0.25) is 10.0 Å². The molecule has 0 radical (unpaired) electrons. The van der Waals surface area contributed by atoms with E-state index >= 15 is 0 Å². The zero-order valence-electron chi connectivity index (χ0n) is 9.87. The predicted octanol–water partition coefficient (Wildman–Crippen LogP) is 3.18. The second kappa shape index (κ2) is 5.70. The van der Waals surface area contributed by atoms with Crippen LogP contribution in [0, 0.1) is 11.3 Å². The van der Waals surface area contributed by atoms with Crippen molar-refractivity contribution in [2.24, 2.45) is 0 Å². The molecule has 0 heterocycles. The Kier molecular flexibility index (Phi) is 4.95. The van der Waals surface area contributed by atoms with Gasteiger partial charge < -0.3 is 0 Å². The Morgan fingerprint density at radius 2 is 2.06 bits per heavy atom. The Balaban J connectivity index is 3.24. The van der Waals surface area contributed by atoms with E-state index in [-0.39, 0.29) is 4.90 Å². The standard InChI is InChI=1S/C11H12Br2N2O2S/c1-3-11(2,7-14)15-18(16,17)10-6-8(12)4-5-9(10)13/h4-6,15H,3H2,1-2H3. The normalized spacial score (nSPS) is 14.8. The van der Waals surface area contributed by atoms with Gasteiger partial charge in [0.15, 0.2) is 0 Å². The molecule has 0 bridgehead atoms. The third-order valence-corrected chi connectivity index (χ3v) is 5.58. The van der Waals surface area contributed by atoms with Gasteiger partial charge in [0.1, 0.15) is 5.54 Å². The van der Waals surface area contributed by atoms with Crippen LogP contribution in [0.25, 0.3) is 0 Å². The van der Waals surface area contributed by atoms with Crippen LogP contribution in [0.1, 0.15) is 20.3 Å². The van der Waals surface area contributed by atoms with E-state index in [0.717, 1.165) is 0 Å². The number of benzene rings is 1. The molecule has 0 fully saturated rings. The minimum Gasteiger partial charge on any atom is -0.207 e. The van der Waals surface area contributed by atoms with E-state index in [4.69, 9.17) is 5.26 Å². The molecule has 98 valence electrons. The molecule has 0 amide bonds. The highest BCUT2D eigenvalue weighted by molar-refractivity contribution is 9.11. The fourth-order valence-corrected chi connectivity index (χ4v) is 4.11. The maximum absolute atomic E-state index is 12.2. The van der Waals surface area contributed by atoms with Crippen LogP contribution in [0.5, 0.6) is 0 Å². The summed E-state index contributed by atoms with van der Waals surface area (Å²) in [5.41, 5.74) is -1.11. The molecule has 0 aliphatic heterocycles. The Morgan fingerprint density at radius 1 is 1.44 bits per heavy atom. The molecule has 1 aromatic carbocycles. The van der Waals surface area contributed by atoms with Gasteiger partial charge in [-0.2, -0.15) is 9.98 Å². The summed E-state index contributed by atoms with van der Waals surface area (Å²) in [7, 11) is -3.74. The molecule has 0 aliphatic rings. The monoisotopic (exact) mass is 394 g/mol. The lowest BCUT2D eigenvalue weighted by molar-refractivity contribution is 0.495. The fourth-order valence-electron chi connectivity index (χ4n) is 1.21. The maximum atomic E-state index is 12.2. The molecule has 0 saturated heterocycles. The molecule has 0 aliphatic carbocycles. The molecule has 1 aromatic rings. The lowest BCUT2D eigenvalue weighted by atomic mass is 10.0. The largest absolute Gasteiger partial charge is 0.243 e. The van der Waals surface area contributed by atoms with Crippen LogP contribution in [0.3, 0.4) is 0 Å². The van der Waals surface area contributed by atoms with Crippen molar-refractivity contribution in [2.45, 2.75) is 30.7 Å². The van der Waals surface area contributed by atoms with E-state index in [2.05, 4.69) is 36.6 Å². The second-order valence-corrected chi connectivity index (χ2v) is 7.40. The van der Waals surface area contributed by atoms with Crippen molar-refractivity contribution >= 4 is 41.9 Å². The quantitative estimate of drug-likeness (QED) is 0.850. The van der Waals surface area contributed by atoms with Gasteiger partial charge in [0, 0.05) is 8.95 Å². The summed E-state index contributed by atoms with van der Waals surface area (Å²) in [5, 5.41) is 9.02. The zero-order chi connectivity index (χ0) is 14.0. The highest BCUT2D eigenvalue weighted by atomic mass is 79.9. The van der Waals surface area contributed by atoms with Crippen molar-refractivity contribution in [2.75, 3.05) is 0 Å². The number of hydrogen-bond acceptors (Lipinski definition) is 3. The van der Waals surface area contributed by atoms with E-state index in [1.54, 1.807) is 26.0 Å². The molecular formula is C11H12Br2N2O2S. The van der Waals surface area contributed by atoms with Gasteiger partial charge in [0.25, 0.3) is 0 Å². The molecule has 4 nitrogen and oxygen atoms in total. The Hall–Kier alpha value is -0.420. The minimum atomic E-state index is -3.74. The average Bonchev–Trinajstić information content (AvgIpc) is 2.31. The number of nitrogens with zero attached hydrogens (tertiary/aromatic N) is 1. The highest BCUT2D eigenvalue weighted by Crippen LogP contribution is 2.26. The van der Waals surface area contributed by atoms with Gasteiger partial charge in [-0.05, 0) is 47.5 Å². The molecule has 0 spiro atoms. The van der Waals surface area contributed by atoms with E-state index in [9.17, 15) is 8.42 Å². The first-order chi connectivity index (χ1) is 8.24. The van der Waals surface area contributed by atoms with Crippen LogP contribution in [-0.2, 0) is 10.0 Å². The van der Waals surface area contributed by atoms with E-state index in [0.29, 0.717) is 15.4 Å². The van der Waals surface area contributed by atoms with Crippen LogP contribution in [0.15, 0.2) is 32.0 Å². The van der Waals surface area contributed by atoms with Crippen molar-refractivity contribution < 1.29 is 8.42 Å². The van der Waals surface area contributed by atoms with Crippen molar-refractivity contribution in [1.82, 2.24) is 4.72 Å². The van der Waals surface area contributed by atoms with Gasteiger partial charge in [-0.15, -0.1) is 0 Å². The van der Waals surface area contributed by atoms with Crippen molar-refractivity contribution in [1.29, 1.82) is 5.26 Å². The van der Waals surface area contributed by atoms with Crippen molar-refractivity contribution in [3.63, 3.8) is 0 Å². The van der Waals surface area contributed by atoms with Crippen molar-refractivity contribution in [3.05, 3.63) is 27.1 Å². The Morgan fingerprint density at radius 3 is 2.56 bits per heavy atom. The Bertz CT molecular complexity index is 596. The molecule has 1 atom stereocenters. The summed E-state index contributed by atoms with van der Waals surface area (Å²) in [4.78, 5) is 0.104. The molecule has 0 aromatic heterocycles. The summed E-state index contributed by atoms with van der Waals surface area (Å²) in [5.74, 6) is 0. The topological polar surface area (TPSA) is 70.0 Å². The summed E-state index contributed by atoms with van der Waals surface area (Å²) in [6.07, 6.45) is 0.383. The van der Waals surface area contributed by atoms with Crippen LogP contribution >= 0.6 is 31.9 Å². The van der Waals surface area contributed by atoms with Gasteiger partial charge >= 0.3 is 0 Å². The lowest BCUT2D eigenvalue weighted by Crippen LogP contribution is -2.44. The van der Waals surface area contributed by atoms with Crippen LogP contribution < -0.4 is 4.72 Å². The smallest absolute Gasteiger partial charge is 0.207 e. The maximum Gasteiger partial charge on any atom is 0.243 e. The van der Waals surface area contributed by atoms with E-state index in [1.165, 1.54) is 6.07 Å². The highest BCUT2D eigenvalue weighted by Gasteiger charge is 2.30. The van der Waals surface area contributed by atoms with Crippen LogP contribution in [0.4, 0.5) is 0 Å². The number of sulfonamides is 1. The zero-order valence-corrected chi connectivity index (χ0v) is 13.9. The third kappa shape index (κ3) is 3.54. The summed E-state index contributed by atoms with van der Waals surface area (Å²) >= 11 is 6.42. The van der Waals surface area contributed by atoms with E-state index < -0.39 is 15.6 Å². The van der Waals surface area contributed by atoms with Gasteiger partial charge in [-0.1, -0.05) is 22.9 Å². The number of nitrogens with one attached hydrogen (secondary N) is 1. The van der Waals surface area contributed by atoms with Crippen LogP contribution in [0.2, 0.25) is 0 Å². The van der Waals surface area contributed by atoms with Gasteiger partial charge in [0.05, 0.1) is 11.0 Å². The minimum absolute atomic E-state index is 0.104. The number of halogens is 2.